The van der Waals surface area contributed by atoms with Gasteiger partial charge in [0.25, 0.3) is 0 Å². The topological polar surface area (TPSA) is 114 Å². The largest absolute Gasteiger partial charge is 0.304 e. The van der Waals surface area contributed by atoms with Gasteiger partial charge < -0.3 is 4.90 Å². The number of hydroxylamine groups is 2. The zero-order valence-corrected chi connectivity index (χ0v) is 18.3. The SMILES string of the molecule is CCCCCC(CN(O)C=O)C(=O)NNc1nc(C)cc(CN2CCN(C)CC2)n1. The Kier molecular flexibility index (Phi) is 9.92. The lowest BCUT2D eigenvalue weighted by Gasteiger charge is -2.32. The third-order valence-electron chi connectivity index (χ3n) is 5.24. The van der Waals surface area contributed by atoms with Crippen LogP contribution in [0.1, 0.15) is 44.0 Å². The maximum atomic E-state index is 12.6. The Morgan fingerprint density at radius 2 is 2.03 bits per heavy atom. The van der Waals surface area contributed by atoms with Crippen molar-refractivity contribution >= 4 is 18.3 Å². The van der Waals surface area contributed by atoms with E-state index < -0.39 is 5.92 Å². The van der Waals surface area contributed by atoms with Crippen molar-refractivity contribution in [1.82, 2.24) is 30.3 Å². The molecule has 2 rings (SSSR count). The van der Waals surface area contributed by atoms with E-state index in [1.54, 1.807) is 0 Å². The molecule has 0 bridgehead atoms. The minimum absolute atomic E-state index is 0.0515. The summed E-state index contributed by atoms with van der Waals surface area (Å²) in [6.45, 7) is 8.71. The first-order valence-corrected chi connectivity index (χ1v) is 10.6. The predicted octanol–water partition coefficient (Wildman–Crippen LogP) is 1.02. The zero-order valence-electron chi connectivity index (χ0n) is 18.3. The van der Waals surface area contributed by atoms with Gasteiger partial charge in [0, 0.05) is 38.4 Å². The molecule has 1 aliphatic rings. The van der Waals surface area contributed by atoms with Crippen LogP contribution in [-0.2, 0) is 16.1 Å². The summed E-state index contributed by atoms with van der Waals surface area (Å²) < 4.78 is 0. The molecule has 2 amide bonds. The number of aromatic nitrogens is 2. The molecule has 168 valence electrons. The number of likely N-dealkylation sites (N-methyl/N-ethyl adjacent to an activating group) is 1. The Morgan fingerprint density at radius 1 is 1.30 bits per heavy atom. The lowest BCUT2D eigenvalue weighted by atomic mass is 10.0. The second kappa shape index (κ2) is 12.4. The number of nitrogens with one attached hydrogen (secondary N) is 2. The van der Waals surface area contributed by atoms with E-state index in [0.29, 0.717) is 23.8 Å². The minimum Gasteiger partial charge on any atom is -0.304 e. The van der Waals surface area contributed by atoms with Crippen molar-refractivity contribution < 1.29 is 14.8 Å². The summed E-state index contributed by atoms with van der Waals surface area (Å²) in [5.41, 5.74) is 7.13. The number of carbonyl (C=O) groups excluding carboxylic acids is 2. The van der Waals surface area contributed by atoms with Crippen LogP contribution in [0, 0.1) is 12.8 Å². The van der Waals surface area contributed by atoms with Gasteiger partial charge in [-0.05, 0) is 26.5 Å². The van der Waals surface area contributed by atoms with Crippen molar-refractivity contribution in [2.45, 2.75) is 46.1 Å². The Balaban J connectivity index is 1.94. The van der Waals surface area contributed by atoms with Crippen molar-refractivity contribution in [2.24, 2.45) is 5.92 Å². The molecule has 3 N–H and O–H groups in total. The number of amides is 2. The molecule has 10 nitrogen and oxygen atoms in total. The quantitative estimate of drug-likeness (QED) is 0.198. The fourth-order valence-electron chi connectivity index (χ4n) is 3.44. The first-order chi connectivity index (χ1) is 14.4. The molecule has 1 unspecified atom stereocenters. The Labute approximate surface area is 178 Å². The van der Waals surface area contributed by atoms with Gasteiger partial charge in [0.1, 0.15) is 0 Å². The highest BCUT2D eigenvalue weighted by Gasteiger charge is 2.21. The smallest absolute Gasteiger partial charge is 0.243 e. The zero-order chi connectivity index (χ0) is 21.9. The number of aryl methyl sites for hydroxylation is 1. The molecule has 1 saturated heterocycles. The fraction of sp³-hybridized carbons (Fsp3) is 0.700. The van der Waals surface area contributed by atoms with Gasteiger partial charge in [-0.25, -0.2) is 15.0 Å². The van der Waals surface area contributed by atoms with E-state index >= 15 is 0 Å². The van der Waals surface area contributed by atoms with E-state index in [2.05, 4.69) is 44.6 Å². The second-order valence-corrected chi connectivity index (χ2v) is 7.94. The molecule has 0 radical (unpaired) electrons. The fourth-order valence-corrected chi connectivity index (χ4v) is 3.44. The van der Waals surface area contributed by atoms with Crippen molar-refractivity contribution in [3.63, 3.8) is 0 Å². The summed E-state index contributed by atoms with van der Waals surface area (Å²) in [4.78, 5) is 36.8. The number of nitrogens with zero attached hydrogens (tertiary/aromatic N) is 5. The van der Waals surface area contributed by atoms with Crippen LogP contribution in [0.4, 0.5) is 5.95 Å². The molecule has 10 heteroatoms. The van der Waals surface area contributed by atoms with Crippen LogP contribution in [0.2, 0.25) is 0 Å². The average molecular weight is 422 g/mol. The molecule has 0 spiro atoms. The van der Waals surface area contributed by atoms with E-state index in [1.165, 1.54) is 0 Å². The Bertz CT molecular complexity index is 680. The molecular formula is C20H35N7O3. The standard InChI is InChI=1S/C20H35N7O3/c1-4-5-6-7-17(13-27(30)15-28)19(29)23-24-20-21-16(2)12-18(22-20)14-26-10-8-25(3)9-11-26/h12,15,17,30H,4-11,13-14H2,1-3H3,(H,23,29)(H,21,22,24). The number of rotatable bonds is 12. The molecule has 0 saturated carbocycles. The highest BCUT2D eigenvalue weighted by atomic mass is 16.5. The van der Waals surface area contributed by atoms with Crippen molar-refractivity contribution in [3.05, 3.63) is 17.5 Å². The number of hydrazine groups is 1. The summed E-state index contributed by atoms with van der Waals surface area (Å²) in [5.74, 6) is -0.498. The van der Waals surface area contributed by atoms with Crippen LogP contribution in [0.15, 0.2) is 6.07 Å². The third-order valence-corrected chi connectivity index (χ3v) is 5.24. The van der Waals surface area contributed by atoms with Crippen LogP contribution in [0.25, 0.3) is 0 Å². The first-order valence-electron chi connectivity index (χ1n) is 10.6. The molecule has 30 heavy (non-hydrogen) atoms. The number of piperazine rings is 1. The average Bonchev–Trinajstić information content (AvgIpc) is 2.72. The van der Waals surface area contributed by atoms with Gasteiger partial charge in [-0.2, -0.15) is 0 Å². The van der Waals surface area contributed by atoms with E-state index in [9.17, 15) is 14.8 Å². The van der Waals surface area contributed by atoms with Crippen LogP contribution in [-0.4, -0.2) is 82.1 Å². The Morgan fingerprint density at radius 3 is 2.70 bits per heavy atom. The van der Waals surface area contributed by atoms with Gasteiger partial charge in [0.15, 0.2) is 0 Å². The number of anilines is 1. The third kappa shape index (κ3) is 8.21. The molecule has 1 atom stereocenters. The van der Waals surface area contributed by atoms with Gasteiger partial charge >= 0.3 is 0 Å². The number of carbonyl (C=O) groups is 2. The summed E-state index contributed by atoms with van der Waals surface area (Å²) in [7, 11) is 2.12. The maximum absolute atomic E-state index is 12.6. The van der Waals surface area contributed by atoms with Gasteiger partial charge in [-0.15, -0.1) is 0 Å². The molecule has 1 aromatic rings. The summed E-state index contributed by atoms with van der Waals surface area (Å²) >= 11 is 0. The van der Waals surface area contributed by atoms with Gasteiger partial charge in [0.2, 0.25) is 18.3 Å². The van der Waals surface area contributed by atoms with E-state index in [1.807, 2.05) is 13.0 Å². The predicted molar refractivity (Wildman–Crippen MR) is 113 cm³/mol. The molecule has 1 aliphatic heterocycles. The highest BCUT2D eigenvalue weighted by Crippen LogP contribution is 2.13. The van der Waals surface area contributed by atoms with Crippen LogP contribution >= 0.6 is 0 Å². The van der Waals surface area contributed by atoms with Crippen molar-refractivity contribution in [2.75, 3.05) is 45.2 Å². The summed E-state index contributed by atoms with van der Waals surface area (Å²) in [6, 6.07) is 1.95. The van der Waals surface area contributed by atoms with Crippen molar-refractivity contribution in [1.29, 1.82) is 0 Å². The summed E-state index contributed by atoms with van der Waals surface area (Å²) in [6.07, 6.45) is 3.74. The molecule has 2 heterocycles. The second-order valence-electron chi connectivity index (χ2n) is 7.94. The number of hydrogen-bond donors (Lipinski definition) is 3. The Hall–Kier alpha value is -2.30. The number of hydrogen-bond acceptors (Lipinski definition) is 8. The van der Waals surface area contributed by atoms with Gasteiger partial charge in [-0.1, -0.05) is 26.2 Å². The minimum atomic E-state index is -0.520. The number of unbranched alkanes of at least 4 members (excludes halogenated alkanes) is 2. The molecule has 0 aliphatic carbocycles. The summed E-state index contributed by atoms with van der Waals surface area (Å²) in [5, 5.41) is 10.0. The van der Waals surface area contributed by atoms with Crippen molar-refractivity contribution in [3.8, 4) is 0 Å². The van der Waals surface area contributed by atoms with Crippen LogP contribution in [0.3, 0.4) is 0 Å². The van der Waals surface area contributed by atoms with E-state index in [-0.39, 0.29) is 12.5 Å². The molecular weight excluding hydrogens is 386 g/mol. The van der Waals surface area contributed by atoms with E-state index in [0.717, 1.165) is 63.4 Å². The lowest BCUT2D eigenvalue weighted by Crippen LogP contribution is -2.44. The monoisotopic (exact) mass is 421 g/mol. The maximum Gasteiger partial charge on any atom is 0.243 e. The highest BCUT2D eigenvalue weighted by molar-refractivity contribution is 5.80. The van der Waals surface area contributed by atoms with Crippen LogP contribution in [0.5, 0.6) is 0 Å². The van der Waals surface area contributed by atoms with Crippen LogP contribution < -0.4 is 10.9 Å². The first kappa shape index (κ1) is 24.0. The molecule has 1 aromatic heterocycles. The van der Waals surface area contributed by atoms with Gasteiger partial charge in [0.05, 0.1) is 18.2 Å². The molecule has 0 aromatic carbocycles. The normalized spacial score (nSPS) is 16.1. The molecule has 1 fully saturated rings. The van der Waals surface area contributed by atoms with Gasteiger partial charge in [-0.3, -0.25) is 30.5 Å². The van der Waals surface area contributed by atoms with E-state index in [4.69, 9.17) is 0 Å². The lowest BCUT2D eigenvalue weighted by molar-refractivity contribution is -0.154.